The number of ketones is 1. The van der Waals surface area contributed by atoms with E-state index >= 15 is 0 Å². The van der Waals surface area contributed by atoms with E-state index in [9.17, 15) is 21.6 Å². The molecule has 198 valence electrons. The van der Waals surface area contributed by atoms with Crippen molar-refractivity contribution in [2.75, 3.05) is 31.1 Å². The van der Waals surface area contributed by atoms with Gasteiger partial charge in [-0.1, -0.05) is 24.3 Å². The molecule has 0 spiro atoms. The topological polar surface area (TPSA) is 107 Å². The van der Waals surface area contributed by atoms with Gasteiger partial charge in [-0.2, -0.15) is 16.8 Å². The van der Waals surface area contributed by atoms with Crippen LogP contribution in [0.4, 0.5) is 0 Å². The number of piperidine rings is 1. The lowest BCUT2D eigenvalue weighted by Crippen LogP contribution is -2.38. The number of carbonyl (C=O) groups excluding carboxylic acids is 1. The summed E-state index contributed by atoms with van der Waals surface area (Å²) in [6.45, 7) is 4.88. The first kappa shape index (κ1) is 27.1. The Labute approximate surface area is 218 Å². The third kappa shape index (κ3) is 7.77. The van der Waals surface area contributed by atoms with Crippen LogP contribution in [-0.2, 0) is 25.0 Å². The highest BCUT2D eigenvalue weighted by molar-refractivity contribution is 7.87. The van der Waals surface area contributed by atoms with Crippen molar-refractivity contribution >= 4 is 38.2 Å². The number of nitrogens with zero attached hydrogens (tertiary/aromatic N) is 1. The van der Waals surface area contributed by atoms with Crippen LogP contribution in [0.1, 0.15) is 37.8 Å². The minimum absolute atomic E-state index is 0.105. The van der Waals surface area contributed by atoms with Crippen LogP contribution >= 0.6 is 0 Å². The standard InChI is InChI=1S/C27H31NO7S2/c1-3-36(30,31)34-25-9-5-7-21(15-25)13-23-18-28(17-20-11-12-20)19-24(27(23)29)14-22-8-6-10-26(16-22)35-37(32,33)4-2/h5-10,13-16,20H,3-4,11-12,17-19H2,1-2H3/b23-13+,24-14+. The zero-order valence-corrected chi connectivity index (χ0v) is 22.6. The van der Waals surface area contributed by atoms with Crippen molar-refractivity contribution in [3.05, 3.63) is 70.8 Å². The predicted octanol–water partition coefficient (Wildman–Crippen LogP) is 3.91. The normalized spacial score (nSPS) is 19.4. The summed E-state index contributed by atoms with van der Waals surface area (Å²) in [6.07, 6.45) is 5.90. The number of benzene rings is 2. The van der Waals surface area contributed by atoms with Gasteiger partial charge < -0.3 is 8.37 Å². The second-order valence-electron chi connectivity index (χ2n) is 9.29. The number of likely N-dealkylation sites (tertiary alicyclic amines) is 1. The average Bonchev–Trinajstić information content (AvgIpc) is 3.66. The Balaban J connectivity index is 1.63. The third-order valence-electron chi connectivity index (χ3n) is 6.14. The smallest absolute Gasteiger partial charge is 0.308 e. The molecule has 8 nitrogen and oxygen atoms in total. The van der Waals surface area contributed by atoms with Gasteiger partial charge in [0, 0.05) is 30.8 Å². The maximum absolute atomic E-state index is 13.5. The Morgan fingerprint density at radius 1 is 0.811 bits per heavy atom. The molecule has 1 aliphatic heterocycles. The van der Waals surface area contributed by atoms with Crippen LogP contribution in [0.25, 0.3) is 12.2 Å². The zero-order valence-electron chi connectivity index (χ0n) is 20.9. The van der Waals surface area contributed by atoms with Crippen LogP contribution in [0.15, 0.2) is 59.7 Å². The SMILES string of the molecule is CCS(=O)(=O)Oc1cccc(/C=C2\CN(CC3CC3)C/C(=C\c3cccc(OS(=O)(=O)CC)c3)C2=O)c1. The first-order chi connectivity index (χ1) is 17.6. The van der Waals surface area contributed by atoms with Crippen molar-refractivity contribution in [1.29, 1.82) is 0 Å². The summed E-state index contributed by atoms with van der Waals surface area (Å²) < 4.78 is 57.7. The Morgan fingerprint density at radius 3 is 1.68 bits per heavy atom. The zero-order chi connectivity index (χ0) is 26.6. The number of hydrogen-bond donors (Lipinski definition) is 0. The summed E-state index contributed by atoms with van der Waals surface area (Å²) in [5.74, 6) is 0.637. The number of Topliss-reactive ketones (excluding diaryl/α,β-unsaturated/α-hetero) is 1. The molecule has 2 fully saturated rings. The van der Waals surface area contributed by atoms with Gasteiger partial charge in [-0.15, -0.1) is 0 Å². The van der Waals surface area contributed by atoms with E-state index in [1.54, 1.807) is 60.7 Å². The maximum atomic E-state index is 13.5. The van der Waals surface area contributed by atoms with Crippen LogP contribution in [0.3, 0.4) is 0 Å². The average molecular weight is 546 g/mol. The van der Waals surface area contributed by atoms with Gasteiger partial charge in [0.15, 0.2) is 5.78 Å². The summed E-state index contributed by atoms with van der Waals surface area (Å²) in [5.41, 5.74) is 2.52. The molecule has 0 aromatic heterocycles. The lowest BCUT2D eigenvalue weighted by Gasteiger charge is -2.30. The van der Waals surface area contributed by atoms with Crippen LogP contribution in [0, 0.1) is 5.92 Å². The molecule has 0 atom stereocenters. The lowest BCUT2D eigenvalue weighted by atomic mass is 9.94. The largest absolute Gasteiger partial charge is 0.382 e. The van der Waals surface area contributed by atoms with Gasteiger partial charge in [0.05, 0.1) is 11.5 Å². The molecule has 0 N–H and O–H groups in total. The van der Waals surface area contributed by atoms with Gasteiger partial charge >= 0.3 is 20.2 Å². The molecule has 4 rings (SSSR count). The van der Waals surface area contributed by atoms with Crippen molar-refractivity contribution < 1.29 is 30.0 Å². The van der Waals surface area contributed by atoms with Crippen LogP contribution in [0.5, 0.6) is 11.5 Å². The van der Waals surface area contributed by atoms with Gasteiger partial charge in [0.2, 0.25) is 0 Å². The Hall–Kier alpha value is -2.95. The molecule has 0 amide bonds. The molecule has 1 saturated carbocycles. The quantitative estimate of drug-likeness (QED) is 0.327. The highest BCUT2D eigenvalue weighted by atomic mass is 32.2. The number of rotatable bonds is 10. The molecule has 1 saturated heterocycles. The van der Waals surface area contributed by atoms with Gasteiger partial charge in [0.1, 0.15) is 11.5 Å². The first-order valence-corrected chi connectivity index (χ1v) is 15.4. The van der Waals surface area contributed by atoms with Gasteiger partial charge in [-0.05, 0) is 80.2 Å². The number of hydrogen-bond acceptors (Lipinski definition) is 8. The van der Waals surface area contributed by atoms with Crippen molar-refractivity contribution in [2.24, 2.45) is 5.92 Å². The molecule has 2 aliphatic rings. The molecule has 2 aromatic carbocycles. The van der Waals surface area contributed by atoms with Gasteiger partial charge in [0.25, 0.3) is 0 Å². The lowest BCUT2D eigenvalue weighted by molar-refractivity contribution is -0.113. The summed E-state index contributed by atoms with van der Waals surface area (Å²) >= 11 is 0. The second-order valence-corrected chi connectivity index (χ2v) is 13.0. The van der Waals surface area contributed by atoms with Crippen molar-refractivity contribution in [2.45, 2.75) is 26.7 Å². The van der Waals surface area contributed by atoms with Crippen molar-refractivity contribution in [1.82, 2.24) is 4.90 Å². The van der Waals surface area contributed by atoms with E-state index in [0.29, 0.717) is 41.3 Å². The van der Waals surface area contributed by atoms with Gasteiger partial charge in [-0.25, -0.2) is 0 Å². The van der Waals surface area contributed by atoms with E-state index in [2.05, 4.69) is 4.90 Å². The molecule has 0 unspecified atom stereocenters. The van der Waals surface area contributed by atoms with Crippen molar-refractivity contribution in [3.8, 4) is 11.5 Å². The predicted molar refractivity (Wildman–Crippen MR) is 143 cm³/mol. The monoisotopic (exact) mass is 545 g/mol. The molecule has 37 heavy (non-hydrogen) atoms. The van der Waals surface area contributed by atoms with E-state index in [1.807, 2.05) is 0 Å². The summed E-state index contributed by atoms with van der Waals surface area (Å²) in [7, 11) is -7.32. The highest BCUT2D eigenvalue weighted by Crippen LogP contribution is 2.32. The molecule has 10 heteroatoms. The van der Waals surface area contributed by atoms with Crippen LogP contribution in [-0.4, -0.2) is 58.7 Å². The molecule has 2 aromatic rings. The molecule has 0 bridgehead atoms. The fourth-order valence-corrected chi connectivity index (χ4v) is 5.06. The minimum atomic E-state index is -3.66. The Morgan fingerprint density at radius 2 is 1.27 bits per heavy atom. The molecular weight excluding hydrogens is 514 g/mol. The van der Waals surface area contributed by atoms with E-state index in [1.165, 1.54) is 26.7 Å². The fourth-order valence-electron chi connectivity index (χ4n) is 4.03. The molecule has 0 radical (unpaired) electrons. The number of carbonyl (C=O) groups is 1. The molecule has 1 heterocycles. The Kier molecular flexibility index (Phi) is 8.20. The molecular formula is C27H31NO7S2. The summed E-state index contributed by atoms with van der Waals surface area (Å²) in [6, 6.07) is 13.3. The van der Waals surface area contributed by atoms with E-state index in [0.717, 1.165) is 6.54 Å². The minimum Gasteiger partial charge on any atom is -0.382 e. The van der Waals surface area contributed by atoms with Gasteiger partial charge in [-0.3, -0.25) is 9.69 Å². The van der Waals surface area contributed by atoms with E-state index in [-0.39, 0.29) is 28.8 Å². The van der Waals surface area contributed by atoms with E-state index in [4.69, 9.17) is 8.37 Å². The highest BCUT2D eigenvalue weighted by Gasteiger charge is 2.31. The Bertz CT molecular complexity index is 1340. The molecule has 1 aliphatic carbocycles. The van der Waals surface area contributed by atoms with Crippen molar-refractivity contribution in [3.63, 3.8) is 0 Å². The van der Waals surface area contributed by atoms with Crippen LogP contribution < -0.4 is 8.37 Å². The summed E-state index contributed by atoms with van der Waals surface area (Å²) in [4.78, 5) is 15.7. The first-order valence-electron chi connectivity index (χ1n) is 12.3. The van der Waals surface area contributed by atoms with Crippen LogP contribution in [0.2, 0.25) is 0 Å². The summed E-state index contributed by atoms with van der Waals surface area (Å²) in [5, 5.41) is 0. The maximum Gasteiger partial charge on any atom is 0.308 e. The fraction of sp³-hybridized carbons (Fsp3) is 0.370. The third-order valence-corrected chi connectivity index (χ3v) is 8.44. The second kappa shape index (κ2) is 11.2. The van der Waals surface area contributed by atoms with E-state index < -0.39 is 20.2 Å².